The fourth-order valence-electron chi connectivity index (χ4n) is 3.94. The normalized spacial score (nSPS) is 21.7. The average Bonchev–Trinajstić information content (AvgIpc) is 2.71. The van der Waals surface area contributed by atoms with E-state index in [9.17, 15) is 24.6 Å². The molecule has 0 saturated carbocycles. The molecule has 1 aromatic heterocycles. The molecule has 154 valence electrons. The zero-order chi connectivity index (χ0) is 20.9. The molecule has 7 heteroatoms. The van der Waals surface area contributed by atoms with Gasteiger partial charge in [0.25, 0.3) is 5.56 Å². The number of benzene rings is 1. The van der Waals surface area contributed by atoms with Gasteiger partial charge in [0.1, 0.15) is 12.0 Å². The van der Waals surface area contributed by atoms with Crippen molar-refractivity contribution in [1.82, 2.24) is 9.47 Å². The number of pyridine rings is 1. The van der Waals surface area contributed by atoms with E-state index in [-0.39, 0.29) is 43.9 Å². The molecular weight excluding hydrogens is 372 g/mol. The fraction of sp³-hybridized carbons (Fsp3) is 0.409. The Morgan fingerprint density at radius 2 is 1.83 bits per heavy atom. The molecule has 3 rings (SSSR count). The van der Waals surface area contributed by atoms with Gasteiger partial charge in [-0.1, -0.05) is 36.4 Å². The summed E-state index contributed by atoms with van der Waals surface area (Å²) in [6.07, 6.45) is 2.28. The van der Waals surface area contributed by atoms with Crippen LogP contribution in [0.15, 0.2) is 59.5 Å². The lowest BCUT2D eigenvalue weighted by molar-refractivity contribution is -0.167. The van der Waals surface area contributed by atoms with Crippen LogP contribution in [0.5, 0.6) is 0 Å². The van der Waals surface area contributed by atoms with Crippen LogP contribution in [-0.2, 0) is 22.6 Å². The Bertz CT molecular complexity index is 911. The largest absolute Gasteiger partial charge is 0.481 e. The number of hydrogen-bond donors (Lipinski definition) is 2. The zero-order valence-corrected chi connectivity index (χ0v) is 16.2. The van der Waals surface area contributed by atoms with Crippen LogP contribution < -0.4 is 5.56 Å². The molecule has 1 fully saturated rings. The molecular formula is C22H26N2O5. The highest BCUT2D eigenvalue weighted by Gasteiger charge is 2.49. The number of hydrogen-bond acceptors (Lipinski definition) is 4. The summed E-state index contributed by atoms with van der Waals surface area (Å²) >= 11 is 0. The van der Waals surface area contributed by atoms with Gasteiger partial charge in [0.2, 0.25) is 5.91 Å². The van der Waals surface area contributed by atoms with Gasteiger partial charge in [0, 0.05) is 25.4 Å². The highest BCUT2D eigenvalue weighted by molar-refractivity contribution is 5.80. The van der Waals surface area contributed by atoms with Crippen molar-refractivity contribution >= 4 is 11.9 Å². The molecule has 2 aromatic rings. The monoisotopic (exact) mass is 398 g/mol. The lowest BCUT2D eigenvalue weighted by atomic mass is 9.73. The first-order valence-corrected chi connectivity index (χ1v) is 9.81. The summed E-state index contributed by atoms with van der Waals surface area (Å²) < 4.78 is 1.30. The lowest BCUT2D eigenvalue weighted by Crippen LogP contribution is -2.57. The predicted octanol–water partition coefficient (Wildman–Crippen LogP) is 1.54. The Kier molecular flexibility index (Phi) is 6.49. The quantitative estimate of drug-likeness (QED) is 0.737. The van der Waals surface area contributed by atoms with Crippen molar-refractivity contribution in [3.05, 3.63) is 70.6 Å². The summed E-state index contributed by atoms with van der Waals surface area (Å²) in [7, 11) is 0. The number of aromatic nitrogens is 1. The summed E-state index contributed by atoms with van der Waals surface area (Å²) in [6.45, 7) is 0.0729. The first-order chi connectivity index (χ1) is 13.9. The molecule has 7 nitrogen and oxygen atoms in total. The molecule has 0 radical (unpaired) electrons. The first-order valence-electron chi connectivity index (χ1n) is 9.81. The van der Waals surface area contributed by atoms with Crippen LogP contribution >= 0.6 is 0 Å². The number of piperidine rings is 1. The van der Waals surface area contributed by atoms with Gasteiger partial charge < -0.3 is 19.7 Å². The van der Waals surface area contributed by atoms with E-state index in [2.05, 4.69) is 0 Å². The number of aliphatic hydroxyl groups excluding tert-OH is 1. The van der Waals surface area contributed by atoms with E-state index in [4.69, 9.17) is 0 Å². The molecule has 1 saturated heterocycles. The van der Waals surface area contributed by atoms with Gasteiger partial charge in [-0.15, -0.1) is 0 Å². The van der Waals surface area contributed by atoms with Crippen LogP contribution in [0.4, 0.5) is 0 Å². The minimum atomic E-state index is -1.40. The van der Waals surface area contributed by atoms with E-state index in [1.165, 1.54) is 21.7 Å². The molecule has 1 aliphatic heterocycles. The molecule has 0 bridgehead atoms. The van der Waals surface area contributed by atoms with Gasteiger partial charge in [0.05, 0.1) is 6.10 Å². The van der Waals surface area contributed by atoms with E-state index in [0.29, 0.717) is 12.8 Å². The number of likely N-dealkylation sites (tertiary alicyclic amines) is 1. The maximum absolute atomic E-state index is 12.7. The minimum absolute atomic E-state index is 0.0568. The van der Waals surface area contributed by atoms with Crippen LogP contribution in [0.25, 0.3) is 0 Å². The van der Waals surface area contributed by atoms with Crippen molar-refractivity contribution in [2.75, 3.05) is 13.1 Å². The molecule has 0 aliphatic carbocycles. The van der Waals surface area contributed by atoms with E-state index >= 15 is 0 Å². The van der Waals surface area contributed by atoms with Gasteiger partial charge in [-0.2, -0.15) is 0 Å². The second-order valence-corrected chi connectivity index (χ2v) is 7.59. The number of amides is 1. The number of aliphatic hydroxyl groups is 1. The van der Waals surface area contributed by atoms with Gasteiger partial charge in [-0.25, -0.2) is 0 Å². The smallest absolute Gasteiger partial charge is 0.314 e. The van der Waals surface area contributed by atoms with Crippen LogP contribution in [0, 0.1) is 5.41 Å². The Labute approximate surface area is 169 Å². The number of nitrogens with zero attached hydrogens (tertiary/aromatic N) is 2. The molecule has 2 atom stereocenters. The van der Waals surface area contributed by atoms with Crippen molar-refractivity contribution in [3.8, 4) is 0 Å². The average molecular weight is 398 g/mol. The van der Waals surface area contributed by atoms with E-state index in [0.717, 1.165) is 5.56 Å². The third kappa shape index (κ3) is 4.74. The Morgan fingerprint density at radius 1 is 1.10 bits per heavy atom. The van der Waals surface area contributed by atoms with Gasteiger partial charge in [0.15, 0.2) is 0 Å². The van der Waals surface area contributed by atoms with Crippen LogP contribution in [0.1, 0.15) is 24.8 Å². The van der Waals surface area contributed by atoms with E-state index in [1.54, 1.807) is 12.1 Å². The number of rotatable bonds is 7. The molecule has 1 amide bonds. The maximum atomic E-state index is 12.7. The Morgan fingerprint density at radius 3 is 2.52 bits per heavy atom. The molecule has 2 N–H and O–H groups in total. The third-order valence-corrected chi connectivity index (χ3v) is 5.70. The van der Waals surface area contributed by atoms with Gasteiger partial charge >= 0.3 is 5.97 Å². The van der Waals surface area contributed by atoms with E-state index in [1.807, 2.05) is 30.3 Å². The van der Waals surface area contributed by atoms with Gasteiger partial charge in [-0.3, -0.25) is 14.4 Å². The summed E-state index contributed by atoms with van der Waals surface area (Å²) in [5.41, 5.74) is -0.579. The lowest BCUT2D eigenvalue weighted by Gasteiger charge is -2.43. The summed E-state index contributed by atoms with van der Waals surface area (Å²) in [5, 5.41) is 20.5. The van der Waals surface area contributed by atoms with Crippen molar-refractivity contribution in [2.24, 2.45) is 5.41 Å². The number of carboxylic acids is 1. The summed E-state index contributed by atoms with van der Waals surface area (Å²) in [4.78, 5) is 38.2. The fourth-order valence-corrected chi connectivity index (χ4v) is 3.94. The molecule has 0 spiro atoms. The summed E-state index contributed by atoms with van der Waals surface area (Å²) in [5.74, 6) is -1.41. The number of carbonyl (C=O) groups excluding carboxylic acids is 1. The Hall–Kier alpha value is -2.93. The van der Waals surface area contributed by atoms with Crippen LogP contribution in [0.3, 0.4) is 0 Å². The van der Waals surface area contributed by atoms with Crippen molar-refractivity contribution in [1.29, 1.82) is 0 Å². The van der Waals surface area contributed by atoms with Crippen LogP contribution in [-0.4, -0.2) is 50.8 Å². The first kappa shape index (κ1) is 20.8. The topological polar surface area (TPSA) is 99.8 Å². The SMILES string of the molecule is O=C(Cn1ccccc1=O)N1CC[C@@H](O)[C@](CCCc2ccccc2)(C(=O)O)C1. The Balaban J connectivity index is 1.70. The number of aryl methyl sites for hydroxylation is 1. The number of carbonyl (C=O) groups is 2. The highest BCUT2D eigenvalue weighted by atomic mass is 16.4. The second kappa shape index (κ2) is 9.05. The predicted molar refractivity (Wildman–Crippen MR) is 107 cm³/mol. The molecule has 1 aliphatic rings. The zero-order valence-electron chi connectivity index (χ0n) is 16.2. The molecule has 0 unspecified atom stereocenters. The molecule has 29 heavy (non-hydrogen) atoms. The maximum Gasteiger partial charge on any atom is 0.314 e. The standard InChI is InChI=1S/C22H26N2O5/c25-18-11-14-24(20(27)15-23-13-5-4-10-19(23)26)16-22(18,21(28)29)12-6-9-17-7-2-1-3-8-17/h1-5,7-8,10,13,18,25H,6,9,11-12,14-16H2,(H,28,29)/t18-,22-/m1/s1. The summed E-state index contributed by atoms with van der Waals surface area (Å²) in [6, 6.07) is 14.4. The molecule has 2 heterocycles. The number of aliphatic carboxylic acids is 1. The second-order valence-electron chi connectivity index (χ2n) is 7.59. The van der Waals surface area contributed by atoms with Crippen molar-refractivity contribution < 1.29 is 19.8 Å². The van der Waals surface area contributed by atoms with Crippen molar-refractivity contribution in [2.45, 2.75) is 38.3 Å². The highest BCUT2D eigenvalue weighted by Crippen LogP contribution is 2.36. The van der Waals surface area contributed by atoms with Gasteiger partial charge in [-0.05, 0) is 37.3 Å². The minimum Gasteiger partial charge on any atom is -0.481 e. The van der Waals surface area contributed by atoms with E-state index < -0.39 is 17.5 Å². The van der Waals surface area contributed by atoms with Crippen molar-refractivity contribution in [3.63, 3.8) is 0 Å². The molecule has 1 aromatic carbocycles. The third-order valence-electron chi connectivity index (χ3n) is 5.70. The number of carboxylic acid groups (broad SMARTS) is 1. The van der Waals surface area contributed by atoms with Crippen LogP contribution in [0.2, 0.25) is 0 Å².